The van der Waals surface area contributed by atoms with Gasteiger partial charge in [0, 0.05) is 0 Å². The average molecular weight is 406 g/mol. The summed E-state index contributed by atoms with van der Waals surface area (Å²) < 4.78 is 7.48. The number of nitrogens with two attached hydrogens (primary N) is 1. The molecular formula is C11H14Br2N6O. The first-order chi connectivity index (χ1) is 9.47. The van der Waals surface area contributed by atoms with Crippen LogP contribution in [0.5, 0.6) is 5.75 Å². The Hall–Kier alpha value is -1.35. The van der Waals surface area contributed by atoms with Gasteiger partial charge in [-0.1, -0.05) is 5.10 Å². The lowest BCUT2D eigenvalue weighted by molar-refractivity contribution is 0.239. The molecule has 0 bridgehead atoms. The average Bonchev–Trinajstić information content (AvgIpc) is 2.77. The van der Waals surface area contributed by atoms with Crippen molar-refractivity contribution in [2.45, 2.75) is 26.5 Å². The predicted molar refractivity (Wildman–Crippen MR) is 82.9 cm³/mol. The highest BCUT2D eigenvalue weighted by Crippen LogP contribution is 2.35. The van der Waals surface area contributed by atoms with Gasteiger partial charge in [0.25, 0.3) is 5.95 Å². The van der Waals surface area contributed by atoms with E-state index < -0.39 is 0 Å². The molecule has 2 aromatic rings. The van der Waals surface area contributed by atoms with E-state index in [1.54, 1.807) is 0 Å². The summed E-state index contributed by atoms with van der Waals surface area (Å²) in [5, 5.41) is 10.7. The van der Waals surface area contributed by atoms with Gasteiger partial charge in [0.15, 0.2) is 0 Å². The molecule has 0 atom stereocenters. The fourth-order valence-electron chi connectivity index (χ4n) is 1.54. The quantitative estimate of drug-likeness (QED) is 0.793. The molecule has 7 nitrogen and oxygen atoms in total. The molecular weight excluding hydrogens is 392 g/mol. The van der Waals surface area contributed by atoms with Crippen molar-refractivity contribution in [1.82, 2.24) is 20.3 Å². The van der Waals surface area contributed by atoms with E-state index in [0.29, 0.717) is 6.54 Å². The zero-order valence-electron chi connectivity index (χ0n) is 11.0. The predicted octanol–water partition coefficient (Wildman–Crippen LogP) is 2.31. The SMILES string of the molecule is CC(C)Oc1c(Br)cc(CNn2nnnc2N)cc1Br. The van der Waals surface area contributed by atoms with E-state index in [1.165, 1.54) is 4.79 Å². The van der Waals surface area contributed by atoms with Crippen LogP contribution in [-0.4, -0.2) is 26.4 Å². The third-order valence-electron chi connectivity index (χ3n) is 2.34. The Kier molecular flexibility index (Phi) is 4.81. The van der Waals surface area contributed by atoms with Crippen LogP contribution in [0.1, 0.15) is 19.4 Å². The van der Waals surface area contributed by atoms with Gasteiger partial charge < -0.3 is 15.9 Å². The van der Waals surface area contributed by atoms with Gasteiger partial charge in [-0.25, -0.2) is 0 Å². The Bertz CT molecular complexity index is 577. The molecule has 0 saturated heterocycles. The number of benzene rings is 1. The molecule has 0 fully saturated rings. The molecule has 1 aromatic heterocycles. The Morgan fingerprint density at radius 2 is 2.00 bits per heavy atom. The topological polar surface area (TPSA) is 90.9 Å². The largest absolute Gasteiger partial charge is 0.489 e. The van der Waals surface area contributed by atoms with Crippen molar-refractivity contribution in [2.24, 2.45) is 0 Å². The highest BCUT2D eigenvalue weighted by molar-refractivity contribution is 9.11. The fraction of sp³-hybridized carbons (Fsp3) is 0.364. The van der Waals surface area contributed by atoms with Crippen LogP contribution < -0.4 is 15.9 Å². The van der Waals surface area contributed by atoms with E-state index in [9.17, 15) is 0 Å². The summed E-state index contributed by atoms with van der Waals surface area (Å²) in [5.41, 5.74) is 9.59. The number of tetrazole rings is 1. The zero-order valence-corrected chi connectivity index (χ0v) is 14.1. The molecule has 108 valence electrons. The van der Waals surface area contributed by atoms with Gasteiger partial charge in [-0.05, 0) is 73.8 Å². The number of nitrogens with zero attached hydrogens (tertiary/aromatic N) is 4. The number of nitrogen functional groups attached to an aromatic ring is 1. The van der Waals surface area contributed by atoms with Crippen molar-refractivity contribution < 1.29 is 4.74 Å². The maximum Gasteiger partial charge on any atom is 0.260 e. The lowest BCUT2D eigenvalue weighted by Crippen LogP contribution is -2.18. The molecule has 0 aliphatic rings. The van der Waals surface area contributed by atoms with Crippen LogP contribution in [0.4, 0.5) is 5.95 Å². The number of aromatic nitrogens is 4. The first-order valence-corrected chi connectivity index (χ1v) is 7.48. The number of anilines is 1. The molecule has 3 N–H and O–H groups in total. The number of nitrogens with one attached hydrogen (secondary N) is 1. The first-order valence-electron chi connectivity index (χ1n) is 5.89. The number of halogens is 2. The van der Waals surface area contributed by atoms with Gasteiger partial charge >= 0.3 is 0 Å². The summed E-state index contributed by atoms with van der Waals surface area (Å²) in [5.74, 6) is 0.994. The van der Waals surface area contributed by atoms with Crippen LogP contribution in [0.25, 0.3) is 0 Å². The van der Waals surface area contributed by atoms with Crippen molar-refractivity contribution in [3.05, 3.63) is 26.6 Å². The van der Waals surface area contributed by atoms with Gasteiger partial charge in [-0.15, -0.1) is 4.79 Å². The molecule has 0 amide bonds. The van der Waals surface area contributed by atoms with Crippen LogP contribution in [0, 0.1) is 0 Å². The molecule has 1 aromatic carbocycles. The van der Waals surface area contributed by atoms with Gasteiger partial charge in [0.05, 0.1) is 21.6 Å². The summed E-state index contributed by atoms with van der Waals surface area (Å²) in [4.78, 5) is 1.32. The van der Waals surface area contributed by atoms with Crippen LogP contribution in [-0.2, 0) is 6.54 Å². The van der Waals surface area contributed by atoms with E-state index in [2.05, 4.69) is 52.8 Å². The summed E-state index contributed by atoms with van der Waals surface area (Å²) >= 11 is 7.01. The molecule has 0 radical (unpaired) electrons. The smallest absolute Gasteiger partial charge is 0.260 e. The number of rotatable bonds is 5. The molecule has 0 spiro atoms. The Balaban J connectivity index is 2.12. The monoisotopic (exact) mass is 404 g/mol. The maximum absolute atomic E-state index is 5.73. The van der Waals surface area contributed by atoms with Crippen molar-refractivity contribution in [1.29, 1.82) is 0 Å². The zero-order chi connectivity index (χ0) is 14.7. The summed E-state index contributed by atoms with van der Waals surface area (Å²) in [6, 6.07) is 3.94. The van der Waals surface area contributed by atoms with Crippen LogP contribution in [0.15, 0.2) is 21.1 Å². The highest BCUT2D eigenvalue weighted by atomic mass is 79.9. The second-order valence-electron chi connectivity index (χ2n) is 4.34. The van der Waals surface area contributed by atoms with Crippen LogP contribution in [0.3, 0.4) is 0 Å². The summed E-state index contributed by atoms with van der Waals surface area (Å²) in [6.45, 7) is 4.48. The first kappa shape index (κ1) is 15.0. The van der Waals surface area contributed by atoms with E-state index in [1.807, 2.05) is 26.0 Å². The van der Waals surface area contributed by atoms with Crippen molar-refractivity contribution in [3.63, 3.8) is 0 Å². The summed E-state index contributed by atoms with van der Waals surface area (Å²) in [7, 11) is 0. The number of hydrogen-bond donors (Lipinski definition) is 2. The number of ether oxygens (including phenoxy) is 1. The Labute approximate surface area is 133 Å². The van der Waals surface area contributed by atoms with Crippen molar-refractivity contribution in [3.8, 4) is 5.75 Å². The van der Waals surface area contributed by atoms with Crippen LogP contribution >= 0.6 is 31.9 Å². The van der Waals surface area contributed by atoms with Crippen molar-refractivity contribution in [2.75, 3.05) is 11.2 Å². The fourth-order valence-corrected chi connectivity index (χ4v) is 3.00. The standard InChI is InChI=1S/C11H14Br2N6O/c1-6(2)20-10-8(12)3-7(4-9(10)13)5-15-19-11(14)16-17-18-19/h3-4,6,15H,5H2,1-2H3,(H2,14,16,18). The minimum atomic E-state index is 0.104. The molecule has 0 unspecified atom stereocenters. The second-order valence-corrected chi connectivity index (χ2v) is 6.05. The Morgan fingerprint density at radius 3 is 2.50 bits per heavy atom. The third kappa shape index (κ3) is 3.60. The van der Waals surface area contributed by atoms with Crippen molar-refractivity contribution >= 4 is 37.8 Å². The van der Waals surface area contributed by atoms with Gasteiger partial charge in [-0.2, -0.15) is 0 Å². The summed E-state index contributed by atoms with van der Waals surface area (Å²) in [6.07, 6.45) is 0.104. The van der Waals surface area contributed by atoms with Gasteiger partial charge in [0.2, 0.25) is 0 Å². The molecule has 0 saturated carbocycles. The highest BCUT2D eigenvalue weighted by Gasteiger charge is 2.11. The lowest BCUT2D eigenvalue weighted by atomic mass is 10.2. The minimum Gasteiger partial charge on any atom is -0.489 e. The minimum absolute atomic E-state index is 0.104. The number of hydrogen-bond acceptors (Lipinski definition) is 6. The maximum atomic E-state index is 5.73. The Morgan fingerprint density at radius 1 is 1.35 bits per heavy atom. The normalized spacial score (nSPS) is 10.8. The molecule has 0 aliphatic carbocycles. The van der Waals surface area contributed by atoms with Gasteiger partial charge in [-0.3, -0.25) is 0 Å². The van der Waals surface area contributed by atoms with Gasteiger partial charge in [0.1, 0.15) is 5.75 Å². The van der Waals surface area contributed by atoms with Crippen LogP contribution in [0.2, 0.25) is 0 Å². The van der Waals surface area contributed by atoms with E-state index in [-0.39, 0.29) is 12.1 Å². The third-order valence-corrected chi connectivity index (χ3v) is 3.52. The molecule has 2 rings (SSSR count). The van der Waals surface area contributed by atoms with E-state index in [4.69, 9.17) is 10.5 Å². The molecule has 1 heterocycles. The van der Waals surface area contributed by atoms with E-state index in [0.717, 1.165) is 20.3 Å². The second kappa shape index (κ2) is 6.40. The molecule has 20 heavy (non-hydrogen) atoms. The lowest BCUT2D eigenvalue weighted by Gasteiger charge is -2.15. The van der Waals surface area contributed by atoms with E-state index >= 15 is 0 Å². The molecule has 9 heteroatoms. The molecule has 0 aliphatic heterocycles.